The first-order valence-corrected chi connectivity index (χ1v) is 9.40. The van der Waals surface area contributed by atoms with Gasteiger partial charge in [-0.1, -0.05) is 30.3 Å². The summed E-state index contributed by atoms with van der Waals surface area (Å²) in [6, 6.07) is 19.3. The number of rotatable bonds is 5. The number of nitrogens with one attached hydrogen (secondary N) is 1. The van der Waals surface area contributed by atoms with Gasteiger partial charge in [0.2, 0.25) is 0 Å². The van der Waals surface area contributed by atoms with Crippen LogP contribution in [0.1, 0.15) is 27.3 Å². The Morgan fingerprint density at radius 2 is 1.79 bits per heavy atom. The van der Waals surface area contributed by atoms with E-state index in [1.54, 1.807) is 11.8 Å². The van der Waals surface area contributed by atoms with Crippen LogP contribution in [-0.4, -0.2) is 27.8 Å². The quantitative estimate of drug-likeness (QED) is 0.563. The maximum Gasteiger partial charge on any atom is 0.252 e. The highest BCUT2D eigenvalue weighted by Gasteiger charge is 2.19. The van der Waals surface area contributed by atoms with E-state index in [4.69, 9.17) is 4.74 Å². The Bertz CT molecular complexity index is 1170. The summed E-state index contributed by atoms with van der Waals surface area (Å²) in [5.41, 5.74) is 4.71. The molecule has 0 aliphatic heterocycles. The highest BCUT2D eigenvalue weighted by atomic mass is 16.5. The number of aromatic nitrogens is 3. The number of carbonyl (C=O) groups excluding carboxylic acids is 1. The number of para-hydroxylation sites is 1. The fourth-order valence-corrected chi connectivity index (χ4v) is 3.36. The summed E-state index contributed by atoms with van der Waals surface area (Å²) in [7, 11) is 1.63. The number of benzene rings is 2. The fourth-order valence-electron chi connectivity index (χ4n) is 3.36. The van der Waals surface area contributed by atoms with Gasteiger partial charge in [-0.2, -0.15) is 5.10 Å². The number of carbonyl (C=O) groups is 1. The number of aryl methyl sites for hydroxylation is 2. The van der Waals surface area contributed by atoms with Crippen LogP contribution in [0.5, 0.6) is 5.75 Å². The summed E-state index contributed by atoms with van der Waals surface area (Å²) in [6.45, 7) is 4.22. The molecule has 0 saturated carbocycles. The van der Waals surface area contributed by atoms with Crippen molar-refractivity contribution in [3.05, 3.63) is 83.2 Å². The zero-order valence-corrected chi connectivity index (χ0v) is 16.6. The molecular weight excluding hydrogens is 364 g/mol. The summed E-state index contributed by atoms with van der Waals surface area (Å²) < 4.78 is 6.96. The third-order valence-electron chi connectivity index (χ3n) is 4.80. The minimum Gasteiger partial charge on any atom is -0.497 e. The first-order valence-electron chi connectivity index (χ1n) is 9.40. The van der Waals surface area contributed by atoms with Crippen molar-refractivity contribution in [3.63, 3.8) is 0 Å². The standard InChI is InChI=1S/C23H22N4O2/c1-15-13-20(23(28)24-14-17-9-11-19(29-3)12-10-17)21-16(2)26-27(22(21)25-15)18-7-5-4-6-8-18/h4-13H,14H2,1-3H3,(H,24,28). The van der Waals surface area contributed by atoms with E-state index in [1.165, 1.54) is 0 Å². The largest absolute Gasteiger partial charge is 0.497 e. The number of nitrogens with zero attached hydrogens (tertiary/aromatic N) is 3. The van der Waals surface area contributed by atoms with Crippen molar-refractivity contribution in [2.24, 2.45) is 0 Å². The maximum atomic E-state index is 13.0. The lowest BCUT2D eigenvalue weighted by molar-refractivity contribution is 0.0952. The number of hydrogen-bond donors (Lipinski definition) is 1. The Hall–Kier alpha value is -3.67. The lowest BCUT2D eigenvalue weighted by atomic mass is 10.1. The molecule has 0 bridgehead atoms. The molecule has 0 atom stereocenters. The highest BCUT2D eigenvalue weighted by Crippen LogP contribution is 2.25. The van der Waals surface area contributed by atoms with Crippen molar-refractivity contribution in [1.82, 2.24) is 20.1 Å². The predicted octanol–water partition coefficient (Wildman–Crippen LogP) is 3.98. The zero-order chi connectivity index (χ0) is 20.4. The Morgan fingerprint density at radius 3 is 2.48 bits per heavy atom. The van der Waals surface area contributed by atoms with Gasteiger partial charge in [0.05, 0.1) is 29.4 Å². The van der Waals surface area contributed by atoms with E-state index in [2.05, 4.69) is 15.4 Å². The van der Waals surface area contributed by atoms with Crippen LogP contribution in [0.2, 0.25) is 0 Å². The van der Waals surface area contributed by atoms with Crippen LogP contribution in [-0.2, 0) is 6.54 Å². The summed E-state index contributed by atoms with van der Waals surface area (Å²) in [5, 5.41) is 8.42. The number of hydrogen-bond acceptors (Lipinski definition) is 4. The van der Waals surface area contributed by atoms with Gasteiger partial charge in [-0.25, -0.2) is 9.67 Å². The Labute approximate surface area is 169 Å². The lowest BCUT2D eigenvalue weighted by Gasteiger charge is -2.09. The molecule has 0 radical (unpaired) electrons. The van der Waals surface area contributed by atoms with Crippen molar-refractivity contribution < 1.29 is 9.53 Å². The third kappa shape index (κ3) is 3.69. The molecule has 0 spiro atoms. The summed E-state index contributed by atoms with van der Waals surface area (Å²) in [5.74, 6) is 0.641. The van der Waals surface area contributed by atoms with Crippen LogP contribution >= 0.6 is 0 Å². The molecule has 0 fully saturated rings. The molecule has 2 aromatic heterocycles. The predicted molar refractivity (Wildman–Crippen MR) is 113 cm³/mol. The van der Waals surface area contributed by atoms with E-state index in [0.717, 1.165) is 33.8 Å². The van der Waals surface area contributed by atoms with E-state index in [1.807, 2.05) is 74.5 Å². The number of amides is 1. The topological polar surface area (TPSA) is 69.0 Å². The highest BCUT2D eigenvalue weighted by molar-refractivity contribution is 6.06. The molecule has 6 heteroatoms. The Kier molecular flexibility index (Phi) is 4.99. The molecule has 4 rings (SSSR count). The number of fused-ring (bicyclic) bond motifs is 1. The molecule has 29 heavy (non-hydrogen) atoms. The van der Waals surface area contributed by atoms with E-state index in [-0.39, 0.29) is 5.91 Å². The number of pyridine rings is 1. The second kappa shape index (κ2) is 7.75. The molecule has 0 saturated heterocycles. The van der Waals surface area contributed by atoms with Gasteiger partial charge in [0.1, 0.15) is 5.75 Å². The molecule has 2 aromatic carbocycles. The maximum absolute atomic E-state index is 13.0. The van der Waals surface area contributed by atoms with Crippen molar-refractivity contribution in [2.75, 3.05) is 7.11 Å². The molecule has 1 N–H and O–H groups in total. The van der Waals surface area contributed by atoms with Crippen LogP contribution in [0.4, 0.5) is 0 Å². The van der Waals surface area contributed by atoms with E-state index in [9.17, 15) is 4.79 Å². The first-order chi connectivity index (χ1) is 14.1. The molecule has 0 aliphatic carbocycles. The molecular formula is C23H22N4O2. The normalized spacial score (nSPS) is 10.9. The van der Waals surface area contributed by atoms with Gasteiger partial charge in [-0.15, -0.1) is 0 Å². The van der Waals surface area contributed by atoms with Crippen LogP contribution < -0.4 is 10.1 Å². The molecule has 146 valence electrons. The second-order valence-corrected chi connectivity index (χ2v) is 6.87. The first kappa shape index (κ1) is 18.7. The zero-order valence-electron chi connectivity index (χ0n) is 16.6. The van der Waals surface area contributed by atoms with E-state index >= 15 is 0 Å². The van der Waals surface area contributed by atoms with Gasteiger partial charge < -0.3 is 10.1 Å². The van der Waals surface area contributed by atoms with Crippen molar-refractivity contribution in [2.45, 2.75) is 20.4 Å². The summed E-state index contributed by atoms with van der Waals surface area (Å²) in [4.78, 5) is 17.7. The van der Waals surface area contributed by atoms with Crippen LogP contribution in [0.15, 0.2) is 60.7 Å². The lowest BCUT2D eigenvalue weighted by Crippen LogP contribution is -2.23. The molecule has 6 nitrogen and oxygen atoms in total. The SMILES string of the molecule is COc1ccc(CNC(=O)c2cc(C)nc3c2c(C)nn3-c2ccccc2)cc1. The third-order valence-corrected chi connectivity index (χ3v) is 4.80. The van der Waals surface area contributed by atoms with Gasteiger partial charge in [-0.3, -0.25) is 4.79 Å². The summed E-state index contributed by atoms with van der Waals surface area (Å²) in [6.07, 6.45) is 0. The average Bonchev–Trinajstić information content (AvgIpc) is 3.08. The number of ether oxygens (including phenoxy) is 1. The monoisotopic (exact) mass is 386 g/mol. The van der Waals surface area contributed by atoms with Gasteiger partial charge >= 0.3 is 0 Å². The van der Waals surface area contributed by atoms with Gasteiger partial charge in [0, 0.05) is 12.2 Å². The molecule has 0 unspecified atom stereocenters. The van der Waals surface area contributed by atoms with Crippen LogP contribution in [0.3, 0.4) is 0 Å². The van der Waals surface area contributed by atoms with E-state index < -0.39 is 0 Å². The molecule has 4 aromatic rings. The minimum absolute atomic E-state index is 0.146. The molecule has 1 amide bonds. The second-order valence-electron chi connectivity index (χ2n) is 6.87. The molecule has 2 heterocycles. The van der Waals surface area contributed by atoms with Crippen LogP contribution in [0, 0.1) is 13.8 Å². The van der Waals surface area contributed by atoms with Crippen LogP contribution in [0.25, 0.3) is 16.7 Å². The Morgan fingerprint density at radius 1 is 1.07 bits per heavy atom. The van der Waals surface area contributed by atoms with Crippen molar-refractivity contribution in [1.29, 1.82) is 0 Å². The van der Waals surface area contributed by atoms with Gasteiger partial charge in [-0.05, 0) is 49.7 Å². The van der Waals surface area contributed by atoms with E-state index in [0.29, 0.717) is 17.8 Å². The average molecular weight is 386 g/mol. The smallest absolute Gasteiger partial charge is 0.252 e. The molecule has 0 aliphatic rings. The Balaban J connectivity index is 1.67. The fraction of sp³-hybridized carbons (Fsp3) is 0.174. The van der Waals surface area contributed by atoms with Gasteiger partial charge in [0.15, 0.2) is 5.65 Å². The van der Waals surface area contributed by atoms with Crippen molar-refractivity contribution >= 4 is 16.9 Å². The van der Waals surface area contributed by atoms with Gasteiger partial charge in [0.25, 0.3) is 5.91 Å². The summed E-state index contributed by atoms with van der Waals surface area (Å²) >= 11 is 0. The number of methoxy groups -OCH3 is 1. The minimum atomic E-state index is -0.146. The van der Waals surface area contributed by atoms with Crippen molar-refractivity contribution in [3.8, 4) is 11.4 Å².